The zero-order valence-corrected chi connectivity index (χ0v) is 9.99. The lowest BCUT2D eigenvalue weighted by atomic mass is 10.1. The first-order valence-corrected chi connectivity index (χ1v) is 5.58. The van der Waals surface area contributed by atoms with Crippen molar-refractivity contribution in [3.05, 3.63) is 65.2 Å². The predicted octanol–water partition coefficient (Wildman–Crippen LogP) is 2.83. The van der Waals surface area contributed by atoms with Gasteiger partial charge in [-0.15, -0.1) is 0 Å². The third-order valence-electron chi connectivity index (χ3n) is 2.60. The SMILES string of the molecule is N=C(N)c1ccccc1COc1c(F)cccc1F. The van der Waals surface area contributed by atoms with Crippen molar-refractivity contribution in [3.8, 4) is 5.75 Å². The summed E-state index contributed by atoms with van der Waals surface area (Å²) < 4.78 is 31.9. The van der Waals surface area contributed by atoms with E-state index in [0.29, 0.717) is 11.1 Å². The van der Waals surface area contributed by atoms with Gasteiger partial charge in [-0.05, 0) is 12.1 Å². The molecule has 0 radical (unpaired) electrons. The number of amidine groups is 1. The van der Waals surface area contributed by atoms with Gasteiger partial charge in [0, 0.05) is 11.1 Å². The fourth-order valence-corrected chi connectivity index (χ4v) is 1.68. The highest BCUT2D eigenvalue weighted by Crippen LogP contribution is 2.22. The van der Waals surface area contributed by atoms with E-state index in [9.17, 15) is 8.78 Å². The largest absolute Gasteiger partial charge is 0.483 e. The number of hydrogen-bond donors (Lipinski definition) is 2. The molecule has 0 saturated heterocycles. The van der Waals surface area contributed by atoms with Gasteiger partial charge in [0.2, 0.25) is 0 Å². The molecule has 0 aromatic heterocycles. The third kappa shape index (κ3) is 2.88. The Morgan fingerprint density at radius 3 is 2.32 bits per heavy atom. The van der Waals surface area contributed by atoms with Gasteiger partial charge in [0.25, 0.3) is 0 Å². The van der Waals surface area contributed by atoms with Gasteiger partial charge in [0.15, 0.2) is 17.4 Å². The van der Waals surface area contributed by atoms with E-state index in [4.69, 9.17) is 15.9 Å². The Morgan fingerprint density at radius 1 is 1.05 bits per heavy atom. The molecule has 0 fully saturated rings. The quantitative estimate of drug-likeness (QED) is 0.657. The summed E-state index contributed by atoms with van der Waals surface area (Å²) in [5.74, 6) is -2.07. The topological polar surface area (TPSA) is 59.1 Å². The molecule has 3 nitrogen and oxygen atoms in total. The number of rotatable bonds is 4. The van der Waals surface area contributed by atoms with Crippen LogP contribution in [0.5, 0.6) is 5.75 Å². The highest BCUT2D eigenvalue weighted by atomic mass is 19.1. The van der Waals surface area contributed by atoms with Crippen LogP contribution in [-0.4, -0.2) is 5.84 Å². The second-order valence-electron chi connectivity index (χ2n) is 3.91. The van der Waals surface area contributed by atoms with E-state index in [2.05, 4.69) is 0 Å². The van der Waals surface area contributed by atoms with Gasteiger partial charge in [-0.3, -0.25) is 5.41 Å². The van der Waals surface area contributed by atoms with Gasteiger partial charge in [-0.2, -0.15) is 0 Å². The number of benzene rings is 2. The van der Waals surface area contributed by atoms with Gasteiger partial charge in [0.05, 0.1) is 0 Å². The van der Waals surface area contributed by atoms with Crippen molar-refractivity contribution in [1.29, 1.82) is 5.41 Å². The van der Waals surface area contributed by atoms with E-state index >= 15 is 0 Å². The van der Waals surface area contributed by atoms with Crippen LogP contribution in [-0.2, 0) is 6.61 Å². The summed E-state index contributed by atoms with van der Waals surface area (Å²) in [5.41, 5.74) is 6.50. The Labute approximate surface area is 109 Å². The van der Waals surface area contributed by atoms with Crippen LogP contribution in [0, 0.1) is 17.0 Å². The zero-order valence-electron chi connectivity index (χ0n) is 9.99. The Morgan fingerprint density at radius 2 is 1.68 bits per heavy atom. The molecule has 2 rings (SSSR count). The van der Waals surface area contributed by atoms with Crippen molar-refractivity contribution in [3.63, 3.8) is 0 Å². The summed E-state index contributed by atoms with van der Waals surface area (Å²) in [6, 6.07) is 10.3. The van der Waals surface area contributed by atoms with Crippen LogP contribution >= 0.6 is 0 Å². The Balaban J connectivity index is 2.22. The molecule has 0 aliphatic carbocycles. The molecule has 0 unspecified atom stereocenters. The monoisotopic (exact) mass is 262 g/mol. The maximum absolute atomic E-state index is 13.4. The lowest BCUT2D eigenvalue weighted by Crippen LogP contribution is -2.15. The van der Waals surface area contributed by atoms with Gasteiger partial charge in [0.1, 0.15) is 12.4 Å². The molecule has 3 N–H and O–H groups in total. The first-order valence-electron chi connectivity index (χ1n) is 5.58. The molecule has 0 saturated carbocycles. The van der Waals surface area contributed by atoms with Crippen LogP contribution in [0.15, 0.2) is 42.5 Å². The summed E-state index contributed by atoms with van der Waals surface area (Å²) in [6.07, 6.45) is 0. The molecule has 0 atom stereocenters. The van der Waals surface area contributed by atoms with Crippen LogP contribution in [0.25, 0.3) is 0 Å². The second-order valence-corrected chi connectivity index (χ2v) is 3.91. The van der Waals surface area contributed by atoms with Gasteiger partial charge >= 0.3 is 0 Å². The smallest absolute Gasteiger partial charge is 0.191 e. The van der Waals surface area contributed by atoms with Gasteiger partial charge in [-0.1, -0.05) is 30.3 Å². The van der Waals surface area contributed by atoms with E-state index < -0.39 is 17.4 Å². The first kappa shape index (κ1) is 13.0. The summed E-state index contributed by atoms with van der Waals surface area (Å²) in [6.45, 7) is -0.0619. The minimum atomic E-state index is -0.764. The molecular formula is C14H12F2N2O. The molecule has 2 aromatic rings. The van der Waals surface area contributed by atoms with Crippen LogP contribution in [0.2, 0.25) is 0 Å². The molecule has 0 spiro atoms. The minimum Gasteiger partial charge on any atom is -0.483 e. The number of hydrogen-bond acceptors (Lipinski definition) is 2. The lowest BCUT2D eigenvalue weighted by Gasteiger charge is -2.11. The highest BCUT2D eigenvalue weighted by molar-refractivity contribution is 5.96. The van der Waals surface area contributed by atoms with Gasteiger partial charge < -0.3 is 10.5 Å². The zero-order chi connectivity index (χ0) is 13.8. The number of nitrogens with one attached hydrogen (secondary N) is 1. The van der Waals surface area contributed by atoms with Gasteiger partial charge in [-0.25, -0.2) is 8.78 Å². The fourth-order valence-electron chi connectivity index (χ4n) is 1.68. The summed E-state index contributed by atoms with van der Waals surface area (Å²) in [5, 5.41) is 7.42. The average molecular weight is 262 g/mol. The number of halogens is 2. The fraction of sp³-hybridized carbons (Fsp3) is 0.0714. The van der Waals surface area contributed by atoms with Crippen molar-refractivity contribution in [2.24, 2.45) is 5.73 Å². The lowest BCUT2D eigenvalue weighted by molar-refractivity contribution is 0.274. The molecule has 0 aliphatic rings. The molecule has 2 aromatic carbocycles. The van der Waals surface area contributed by atoms with Crippen LogP contribution < -0.4 is 10.5 Å². The number of nitrogens with two attached hydrogens (primary N) is 1. The van der Waals surface area contributed by atoms with Crippen molar-refractivity contribution < 1.29 is 13.5 Å². The molecule has 0 amide bonds. The second kappa shape index (κ2) is 5.48. The Hall–Kier alpha value is -2.43. The number of nitrogen functional groups attached to an aromatic ring is 1. The van der Waals surface area contributed by atoms with E-state index in [0.717, 1.165) is 12.1 Å². The molecule has 0 heterocycles. The predicted molar refractivity (Wildman–Crippen MR) is 68.1 cm³/mol. The summed E-state index contributed by atoms with van der Waals surface area (Å²) >= 11 is 0. The molecule has 19 heavy (non-hydrogen) atoms. The molecule has 98 valence electrons. The molecule has 0 bridgehead atoms. The molecule has 0 aliphatic heterocycles. The number of para-hydroxylation sites is 1. The van der Waals surface area contributed by atoms with Crippen molar-refractivity contribution in [2.45, 2.75) is 6.61 Å². The third-order valence-corrected chi connectivity index (χ3v) is 2.60. The standard InChI is InChI=1S/C14H12F2N2O/c15-11-6-3-7-12(16)13(11)19-8-9-4-1-2-5-10(9)14(17)18/h1-7H,8H2,(H3,17,18). The first-order chi connectivity index (χ1) is 9.09. The van der Waals surface area contributed by atoms with Crippen molar-refractivity contribution >= 4 is 5.84 Å². The molecule has 5 heteroatoms. The maximum atomic E-state index is 13.4. The Bertz CT molecular complexity index is 594. The average Bonchev–Trinajstić information content (AvgIpc) is 2.38. The summed E-state index contributed by atoms with van der Waals surface area (Å²) in [7, 11) is 0. The minimum absolute atomic E-state index is 0.0619. The van der Waals surface area contributed by atoms with Crippen LogP contribution in [0.4, 0.5) is 8.78 Å². The maximum Gasteiger partial charge on any atom is 0.191 e. The highest BCUT2D eigenvalue weighted by Gasteiger charge is 2.11. The van der Waals surface area contributed by atoms with Crippen molar-refractivity contribution in [2.75, 3.05) is 0 Å². The Kier molecular flexibility index (Phi) is 3.75. The van der Waals surface area contributed by atoms with E-state index in [-0.39, 0.29) is 12.4 Å². The van der Waals surface area contributed by atoms with E-state index in [1.165, 1.54) is 6.07 Å². The van der Waals surface area contributed by atoms with Crippen LogP contribution in [0.3, 0.4) is 0 Å². The number of ether oxygens (including phenoxy) is 1. The molecular weight excluding hydrogens is 250 g/mol. The van der Waals surface area contributed by atoms with E-state index in [1.54, 1.807) is 24.3 Å². The van der Waals surface area contributed by atoms with E-state index in [1.807, 2.05) is 0 Å². The van der Waals surface area contributed by atoms with Crippen LogP contribution in [0.1, 0.15) is 11.1 Å². The normalized spacial score (nSPS) is 10.2. The van der Waals surface area contributed by atoms with Crippen molar-refractivity contribution in [1.82, 2.24) is 0 Å². The summed E-state index contributed by atoms with van der Waals surface area (Å²) in [4.78, 5) is 0.